The van der Waals surface area contributed by atoms with Crippen LogP contribution in [0.25, 0.3) is 0 Å². The van der Waals surface area contributed by atoms with Crippen molar-refractivity contribution in [3.8, 4) is 0 Å². The summed E-state index contributed by atoms with van der Waals surface area (Å²) < 4.78 is 22.1. The number of hydrogen-bond donors (Lipinski definition) is 9. The van der Waals surface area contributed by atoms with Crippen LogP contribution in [0.4, 0.5) is 0 Å². The van der Waals surface area contributed by atoms with E-state index in [2.05, 4.69) is 24.4 Å². The van der Waals surface area contributed by atoms with Crippen LogP contribution in [0, 0.1) is 0 Å². The van der Waals surface area contributed by atoms with Crippen molar-refractivity contribution in [3.63, 3.8) is 0 Å². The molecule has 0 saturated carbocycles. The first-order valence-electron chi connectivity index (χ1n) is 15.1. The van der Waals surface area contributed by atoms with Gasteiger partial charge in [0.15, 0.2) is 12.6 Å². The van der Waals surface area contributed by atoms with Crippen molar-refractivity contribution in [2.75, 3.05) is 19.8 Å². The molecule has 14 nitrogen and oxygen atoms in total. The minimum Gasteiger partial charge on any atom is -0.394 e. The van der Waals surface area contributed by atoms with E-state index in [-0.39, 0.29) is 18.9 Å². The van der Waals surface area contributed by atoms with Gasteiger partial charge in [-0.25, -0.2) is 0 Å². The van der Waals surface area contributed by atoms with Gasteiger partial charge >= 0.3 is 0 Å². The van der Waals surface area contributed by atoms with Gasteiger partial charge in [-0.15, -0.1) is 0 Å². The van der Waals surface area contributed by atoms with Gasteiger partial charge in [0.1, 0.15) is 48.8 Å². The highest BCUT2D eigenvalue weighted by atomic mass is 16.7. The zero-order valence-electron chi connectivity index (χ0n) is 24.9. The first-order valence-corrected chi connectivity index (χ1v) is 15.1. The lowest BCUT2D eigenvalue weighted by atomic mass is 9.97. The number of aliphatic hydroxyl groups excluding tert-OH is 8. The molecule has 2 aliphatic rings. The van der Waals surface area contributed by atoms with Crippen LogP contribution in [-0.4, -0.2) is 140 Å². The Kier molecular flexibility index (Phi) is 17.3. The lowest BCUT2D eigenvalue weighted by Gasteiger charge is -2.46. The van der Waals surface area contributed by atoms with Crippen LogP contribution < -0.4 is 5.32 Å². The van der Waals surface area contributed by atoms with Crippen molar-refractivity contribution in [1.29, 1.82) is 0 Å². The summed E-state index contributed by atoms with van der Waals surface area (Å²) in [6.07, 6.45) is -3.23. The second-order valence-corrected chi connectivity index (χ2v) is 10.8. The Morgan fingerprint density at radius 1 is 0.814 bits per heavy atom. The molecule has 0 aromatic carbocycles. The van der Waals surface area contributed by atoms with Gasteiger partial charge in [-0.3, -0.25) is 4.79 Å². The number of carbonyl (C=O) groups excluding carboxylic acids is 1. The number of nitrogens with one attached hydrogen (secondary N) is 1. The molecule has 0 bridgehead atoms. The summed E-state index contributed by atoms with van der Waals surface area (Å²) in [5.74, 6) is -0.345. The van der Waals surface area contributed by atoms with Crippen molar-refractivity contribution in [3.05, 3.63) is 24.3 Å². The zero-order valence-corrected chi connectivity index (χ0v) is 24.9. The molecule has 0 aromatic heterocycles. The number of allylic oxidation sites excluding steroid dienone is 3. The quantitative estimate of drug-likeness (QED) is 0.0619. The average Bonchev–Trinajstić information content (AvgIpc) is 3.01. The third-order valence-electron chi connectivity index (χ3n) is 7.45. The van der Waals surface area contributed by atoms with Gasteiger partial charge in [-0.1, -0.05) is 51.0 Å². The molecule has 2 fully saturated rings. The molecule has 1 amide bonds. The van der Waals surface area contributed by atoms with Gasteiger partial charge in [0.25, 0.3) is 0 Å². The monoisotopic (exact) mass is 621 g/mol. The molecule has 0 radical (unpaired) electrons. The SMILES string of the molecule is CCCCC/C=C/CC/C=C/C(O)C(COC1OC(CO)C(OC2OC(CO)C(O)C(O)C2O)C(O)C1O)NC(=O)CC. The van der Waals surface area contributed by atoms with Crippen LogP contribution in [-0.2, 0) is 23.7 Å². The van der Waals surface area contributed by atoms with E-state index < -0.39 is 86.8 Å². The van der Waals surface area contributed by atoms with E-state index in [0.717, 1.165) is 19.3 Å². The Labute approximate surface area is 252 Å². The highest BCUT2D eigenvalue weighted by Gasteiger charge is 2.50. The fraction of sp³-hybridized carbons (Fsp3) is 0.828. The van der Waals surface area contributed by atoms with Gasteiger partial charge in [-0.2, -0.15) is 0 Å². The van der Waals surface area contributed by atoms with Crippen LogP contribution in [0.2, 0.25) is 0 Å². The summed E-state index contributed by atoms with van der Waals surface area (Å²) in [6.45, 7) is 2.05. The van der Waals surface area contributed by atoms with Crippen LogP contribution >= 0.6 is 0 Å². The maximum Gasteiger partial charge on any atom is 0.220 e. The molecule has 12 unspecified atom stereocenters. The number of aliphatic hydroxyl groups is 8. The molecule has 0 spiro atoms. The predicted octanol–water partition coefficient (Wildman–Crippen LogP) is -1.64. The molecular weight excluding hydrogens is 570 g/mol. The summed E-state index contributed by atoms with van der Waals surface area (Å²) in [5, 5.41) is 84.4. The van der Waals surface area contributed by atoms with E-state index in [4.69, 9.17) is 18.9 Å². The summed E-state index contributed by atoms with van der Waals surface area (Å²) in [6, 6.07) is -0.920. The highest BCUT2D eigenvalue weighted by molar-refractivity contribution is 5.75. The summed E-state index contributed by atoms with van der Waals surface area (Å²) >= 11 is 0. The molecule has 2 heterocycles. The van der Waals surface area contributed by atoms with Crippen molar-refractivity contribution >= 4 is 5.91 Å². The van der Waals surface area contributed by atoms with Crippen molar-refractivity contribution in [1.82, 2.24) is 5.32 Å². The fourth-order valence-electron chi connectivity index (χ4n) is 4.74. The van der Waals surface area contributed by atoms with Crippen LogP contribution in [0.1, 0.15) is 58.8 Å². The Bertz CT molecular complexity index is 841. The molecule has 2 saturated heterocycles. The first-order chi connectivity index (χ1) is 20.6. The minimum atomic E-state index is -1.78. The minimum absolute atomic E-state index is 0.153. The van der Waals surface area contributed by atoms with Crippen LogP contribution in [0.3, 0.4) is 0 Å². The molecule has 12 atom stereocenters. The first kappa shape index (κ1) is 37.7. The van der Waals surface area contributed by atoms with Crippen molar-refractivity contribution in [2.45, 2.75) is 132 Å². The Morgan fingerprint density at radius 3 is 2.09 bits per heavy atom. The fourth-order valence-corrected chi connectivity index (χ4v) is 4.74. The van der Waals surface area contributed by atoms with E-state index in [1.54, 1.807) is 19.1 Å². The van der Waals surface area contributed by atoms with E-state index >= 15 is 0 Å². The van der Waals surface area contributed by atoms with Crippen LogP contribution in [0.15, 0.2) is 24.3 Å². The molecule has 14 heteroatoms. The van der Waals surface area contributed by atoms with Gasteiger partial charge in [0, 0.05) is 6.42 Å². The van der Waals surface area contributed by atoms with Crippen molar-refractivity contribution < 1.29 is 64.6 Å². The summed E-state index contributed by atoms with van der Waals surface area (Å²) in [4.78, 5) is 12.1. The van der Waals surface area contributed by atoms with Gasteiger partial charge in [-0.05, 0) is 25.7 Å². The Morgan fingerprint density at radius 2 is 1.44 bits per heavy atom. The topological polar surface area (TPSA) is 228 Å². The molecule has 9 N–H and O–H groups in total. The largest absolute Gasteiger partial charge is 0.394 e. The molecule has 0 aliphatic carbocycles. The molecule has 0 aromatic rings. The summed E-state index contributed by atoms with van der Waals surface area (Å²) in [7, 11) is 0. The van der Waals surface area contributed by atoms with E-state index in [1.165, 1.54) is 12.8 Å². The van der Waals surface area contributed by atoms with Gasteiger partial charge in [0.2, 0.25) is 5.91 Å². The Hall–Kier alpha value is -1.53. The van der Waals surface area contributed by atoms with E-state index in [9.17, 15) is 45.6 Å². The van der Waals surface area contributed by atoms with Crippen molar-refractivity contribution in [2.24, 2.45) is 0 Å². The Balaban J connectivity index is 1.98. The van der Waals surface area contributed by atoms with Gasteiger partial charge < -0.3 is 65.1 Å². The molecule has 2 rings (SSSR count). The van der Waals surface area contributed by atoms with Crippen LogP contribution in [0.5, 0.6) is 0 Å². The number of rotatable bonds is 18. The number of amides is 1. The molecule has 250 valence electrons. The van der Waals surface area contributed by atoms with E-state index in [0.29, 0.717) is 6.42 Å². The normalized spacial score (nSPS) is 34.9. The number of hydrogen-bond acceptors (Lipinski definition) is 13. The second kappa shape index (κ2) is 19.8. The molecule has 2 aliphatic heterocycles. The number of ether oxygens (including phenoxy) is 4. The standard InChI is InChI=1S/C29H51NO13/c1-3-5-6-7-8-9-10-11-12-13-18(33)17(30-21(34)4-2)16-40-28-26(39)24(37)27(20(15-32)42-28)43-29-25(38)23(36)22(35)19(14-31)41-29/h8-9,12-13,17-20,22-29,31-33,35-39H,3-7,10-11,14-16H2,1-2H3,(H,30,34)/b9-8+,13-12+. The third kappa shape index (κ3) is 11.4. The lowest BCUT2D eigenvalue weighted by molar-refractivity contribution is -0.359. The van der Waals surface area contributed by atoms with E-state index in [1.807, 2.05) is 0 Å². The van der Waals surface area contributed by atoms with Gasteiger partial charge in [0.05, 0.1) is 32.0 Å². The highest BCUT2D eigenvalue weighted by Crippen LogP contribution is 2.29. The third-order valence-corrected chi connectivity index (χ3v) is 7.45. The molecule has 43 heavy (non-hydrogen) atoms. The molecular formula is C29H51NO13. The average molecular weight is 622 g/mol. The zero-order chi connectivity index (χ0) is 31.9. The maximum absolute atomic E-state index is 12.1. The predicted molar refractivity (Wildman–Crippen MR) is 152 cm³/mol. The number of unbranched alkanes of at least 4 members (excludes halogenated alkanes) is 4. The summed E-state index contributed by atoms with van der Waals surface area (Å²) in [5.41, 5.74) is 0. The second-order valence-electron chi connectivity index (χ2n) is 10.8. The maximum atomic E-state index is 12.1. The lowest BCUT2D eigenvalue weighted by Crippen LogP contribution is -2.65. The number of carbonyl (C=O) groups is 1. The smallest absolute Gasteiger partial charge is 0.220 e.